The van der Waals surface area contributed by atoms with E-state index in [1.54, 1.807) is 36.4 Å². The van der Waals surface area contributed by atoms with E-state index in [9.17, 15) is 23.6 Å². The monoisotopic (exact) mass is 503 g/mol. The first-order chi connectivity index (χ1) is 15.8. The second kappa shape index (κ2) is 8.44. The molecule has 3 heterocycles. The molecule has 33 heavy (non-hydrogen) atoms. The van der Waals surface area contributed by atoms with Gasteiger partial charge in [-0.3, -0.25) is 29.1 Å². The number of thioether (sulfide) groups is 1. The fourth-order valence-corrected chi connectivity index (χ4v) is 6.95. The Hall–Kier alpha value is -2.95. The van der Waals surface area contributed by atoms with E-state index in [1.165, 1.54) is 16.7 Å². The van der Waals surface area contributed by atoms with E-state index >= 15 is 0 Å². The summed E-state index contributed by atoms with van der Waals surface area (Å²) in [6.45, 7) is -0.261. The number of anilines is 1. The van der Waals surface area contributed by atoms with Gasteiger partial charge in [-0.2, -0.15) is 0 Å². The number of aromatic nitrogens is 1. The van der Waals surface area contributed by atoms with Gasteiger partial charge in [0.25, 0.3) is 0 Å². The van der Waals surface area contributed by atoms with E-state index in [0.717, 1.165) is 23.1 Å². The molecule has 0 aliphatic carbocycles. The third-order valence-corrected chi connectivity index (χ3v) is 8.41. The molecular formula is C22H15ClFN3O4S2. The van der Waals surface area contributed by atoms with Crippen molar-refractivity contribution in [2.24, 2.45) is 5.92 Å². The zero-order valence-electron chi connectivity index (χ0n) is 16.7. The molecule has 1 aromatic heterocycles. The Kier molecular flexibility index (Phi) is 5.59. The Morgan fingerprint density at radius 3 is 2.45 bits per heavy atom. The summed E-state index contributed by atoms with van der Waals surface area (Å²) < 4.78 is 14.8. The van der Waals surface area contributed by atoms with E-state index in [-0.39, 0.29) is 11.4 Å². The lowest BCUT2D eigenvalue weighted by molar-refractivity contribution is -0.126. The van der Waals surface area contributed by atoms with Crippen LogP contribution < -0.4 is 15.5 Å². The van der Waals surface area contributed by atoms with Gasteiger partial charge in [0.05, 0.1) is 10.9 Å². The number of carbonyl (C=O) groups excluding carboxylic acids is 3. The molecule has 1 fully saturated rings. The summed E-state index contributed by atoms with van der Waals surface area (Å²) >= 11 is 7.90. The molecule has 7 nitrogen and oxygen atoms in total. The number of fused-ring (bicyclic) bond motifs is 2. The van der Waals surface area contributed by atoms with Crippen LogP contribution in [-0.4, -0.2) is 27.5 Å². The highest BCUT2D eigenvalue weighted by atomic mass is 35.5. The Labute approximate surface area is 199 Å². The maximum Gasteiger partial charge on any atom is 0.308 e. The van der Waals surface area contributed by atoms with Crippen LogP contribution in [0.15, 0.2) is 58.4 Å². The fraction of sp³-hybridized carbons (Fsp3) is 0.182. The minimum absolute atomic E-state index is 0.261. The van der Waals surface area contributed by atoms with Gasteiger partial charge in [-0.05, 0) is 42.0 Å². The standard InChI is InChI=1S/C22H15ClFN3O4S2/c23-11-3-7-13(8-4-11)25-14(28)9-27-21-18(33-22(27)31)15(10-1-5-12(24)6-2-10)16-17(32-21)20(30)26-19(16)29/h1-8,15-17H,9H2,(H,25,28)(H,26,29,30)/t15-,16+,17-/m0/s1. The van der Waals surface area contributed by atoms with Crippen LogP contribution in [-0.2, 0) is 20.9 Å². The SMILES string of the molecule is O=C(Cn1c2c(sc1=O)[C@@H](c1ccc(F)cc1)[C@H]1C(=O)NC(=O)[C@H]1S2)Nc1ccc(Cl)cc1. The molecule has 2 aliphatic rings. The number of carbonyl (C=O) groups is 3. The van der Waals surface area contributed by atoms with Crippen molar-refractivity contribution in [1.82, 2.24) is 9.88 Å². The summed E-state index contributed by atoms with van der Waals surface area (Å²) in [6, 6.07) is 12.2. The smallest absolute Gasteiger partial charge is 0.308 e. The summed E-state index contributed by atoms with van der Waals surface area (Å²) in [5.74, 6) is -3.05. The Balaban J connectivity index is 1.52. The predicted octanol–water partition coefficient (Wildman–Crippen LogP) is 3.22. The molecule has 3 aromatic rings. The first-order valence-electron chi connectivity index (χ1n) is 9.87. The average Bonchev–Trinajstić information content (AvgIpc) is 3.24. The highest BCUT2D eigenvalue weighted by Crippen LogP contribution is 2.51. The van der Waals surface area contributed by atoms with Crippen molar-refractivity contribution in [3.05, 3.63) is 79.5 Å². The first-order valence-corrected chi connectivity index (χ1v) is 11.9. The van der Waals surface area contributed by atoms with Crippen LogP contribution in [0.2, 0.25) is 5.02 Å². The highest BCUT2D eigenvalue weighted by molar-refractivity contribution is 8.00. The minimum Gasteiger partial charge on any atom is -0.325 e. The lowest BCUT2D eigenvalue weighted by Gasteiger charge is -2.30. The summed E-state index contributed by atoms with van der Waals surface area (Å²) in [7, 11) is 0. The molecule has 0 radical (unpaired) electrons. The predicted molar refractivity (Wildman–Crippen MR) is 123 cm³/mol. The van der Waals surface area contributed by atoms with Gasteiger partial charge in [0, 0.05) is 21.5 Å². The number of amides is 3. The van der Waals surface area contributed by atoms with Gasteiger partial charge in [-0.25, -0.2) is 4.39 Å². The van der Waals surface area contributed by atoms with E-state index in [0.29, 0.717) is 26.2 Å². The number of halogens is 2. The molecule has 2 N–H and O–H groups in total. The molecule has 1 saturated heterocycles. The van der Waals surface area contributed by atoms with Crippen molar-refractivity contribution in [2.75, 3.05) is 5.32 Å². The molecule has 0 spiro atoms. The Morgan fingerprint density at radius 1 is 1.06 bits per heavy atom. The number of hydrogen-bond donors (Lipinski definition) is 2. The first kappa shape index (κ1) is 21.9. The van der Waals surface area contributed by atoms with Gasteiger partial charge in [0.15, 0.2) is 0 Å². The van der Waals surface area contributed by atoms with Gasteiger partial charge in [-0.1, -0.05) is 46.8 Å². The van der Waals surface area contributed by atoms with E-state index < -0.39 is 40.6 Å². The minimum atomic E-state index is -0.750. The number of hydrogen-bond acceptors (Lipinski definition) is 6. The van der Waals surface area contributed by atoms with Crippen LogP contribution in [0.4, 0.5) is 10.1 Å². The van der Waals surface area contributed by atoms with Crippen LogP contribution in [0.3, 0.4) is 0 Å². The molecule has 3 atom stereocenters. The van der Waals surface area contributed by atoms with Gasteiger partial charge in [-0.15, -0.1) is 0 Å². The quantitative estimate of drug-likeness (QED) is 0.533. The third kappa shape index (κ3) is 3.98. The van der Waals surface area contributed by atoms with Crippen molar-refractivity contribution in [3.8, 4) is 0 Å². The van der Waals surface area contributed by atoms with Crippen molar-refractivity contribution in [2.45, 2.75) is 22.7 Å². The topological polar surface area (TPSA) is 97.3 Å². The van der Waals surface area contributed by atoms with Crippen LogP contribution in [0, 0.1) is 11.7 Å². The third-order valence-electron chi connectivity index (χ3n) is 5.55. The van der Waals surface area contributed by atoms with E-state index in [2.05, 4.69) is 10.6 Å². The molecule has 0 bridgehead atoms. The summed E-state index contributed by atoms with van der Waals surface area (Å²) in [6.07, 6.45) is 0. The molecule has 2 aromatic carbocycles. The van der Waals surface area contributed by atoms with E-state index in [4.69, 9.17) is 11.6 Å². The van der Waals surface area contributed by atoms with Crippen LogP contribution in [0.25, 0.3) is 0 Å². The average molecular weight is 504 g/mol. The molecule has 11 heteroatoms. The maximum atomic E-state index is 13.5. The van der Waals surface area contributed by atoms with Crippen molar-refractivity contribution in [3.63, 3.8) is 0 Å². The summed E-state index contributed by atoms with van der Waals surface area (Å²) in [5.41, 5.74) is 1.15. The number of nitrogens with one attached hydrogen (secondary N) is 2. The number of thiazole rings is 1. The van der Waals surface area contributed by atoms with Gasteiger partial charge < -0.3 is 5.32 Å². The Bertz CT molecular complexity index is 1340. The second-order valence-electron chi connectivity index (χ2n) is 7.63. The lowest BCUT2D eigenvalue weighted by Crippen LogP contribution is -2.32. The zero-order valence-corrected chi connectivity index (χ0v) is 19.1. The zero-order chi connectivity index (χ0) is 23.3. The van der Waals surface area contributed by atoms with Crippen molar-refractivity contribution in [1.29, 1.82) is 0 Å². The lowest BCUT2D eigenvalue weighted by atomic mass is 9.83. The van der Waals surface area contributed by atoms with Gasteiger partial charge in [0.1, 0.15) is 17.6 Å². The highest BCUT2D eigenvalue weighted by Gasteiger charge is 2.52. The maximum absolute atomic E-state index is 13.5. The molecule has 3 amide bonds. The molecule has 0 saturated carbocycles. The second-order valence-corrected chi connectivity index (χ2v) is 10.2. The van der Waals surface area contributed by atoms with E-state index in [1.807, 2.05) is 0 Å². The van der Waals surface area contributed by atoms with Crippen LogP contribution in [0.5, 0.6) is 0 Å². The number of benzene rings is 2. The van der Waals surface area contributed by atoms with Gasteiger partial charge in [0.2, 0.25) is 17.7 Å². The summed E-state index contributed by atoms with van der Waals surface area (Å²) in [4.78, 5) is 50.8. The van der Waals surface area contributed by atoms with Gasteiger partial charge >= 0.3 is 4.87 Å². The number of nitrogens with zero attached hydrogens (tertiary/aromatic N) is 1. The van der Waals surface area contributed by atoms with Crippen molar-refractivity contribution >= 4 is 58.1 Å². The Morgan fingerprint density at radius 2 is 1.76 bits per heavy atom. The normalized spacial score (nSPS) is 21.3. The fourth-order valence-electron chi connectivity index (χ4n) is 4.08. The number of rotatable bonds is 4. The molecule has 5 rings (SSSR count). The molecule has 168 valence electrons. The molecular weight excluding hydrogens is 489 g/mol. The number of imide groups is 1. The van der Waals surface area contributed by atoms with Crippen molar-refractivity contribution < 1.29 is 18.8 Å². The summed E-state index contributed by atoms with van der Waals surface area (Å²) in [5, 5.41) is 5.32. The molecule has 0 unspecified atom stereocenters. The van der Waals surface area contributed by atoms with Crippen LogP contribution >= 0.6 is 34.7 Å². The largest absolute Gasteiger partial charge is 0.325 e. The van der Waals surface area contributed by atoms with Crippen LogP contribution in [0.1, 0.15) is 16.4 Å². The molecule has 2 aliphatic heterocycles.